The highest BCUT2D eigenvalue weighted by molar-refractivity contribution is 14.0. The van der Waals surface area contributed by atoms with Crippen LogP contribution < -0.4 is 15.0 Å². The number of ether oxygens (including phenoxy) is 1. The summed E-state index contributed by atoms with van der Waals surface area (Å²) < 4.78 is 20.4. The van der Waals surface area contributed by atoms with E-state index in [0.717, 1.165) is 11.3 Å². The van der Waals surface area contributed by atoms with Crippen LogP contribution in [0.4, 0.5) is 10.1 Å². The van der Waals surface area contributed by atoms with Crippen LogP contribution in [0.1, 0.15) is 5.56 Å². The van der Waals surface area contributed by atoms with Gasteiger partial charge < -0.3 is 19.9 Å². The van der Waals surface area contributed by atoms with E-state index in [1.165, 1.54) is 12.1 Å². The van der Waals surface area contributed by atoms with E-state index in [4.69, 9.17) is 4.74 Å². The average Bonchev–Trinajstić information content (AvgIpc) is 3.22. The van der Waals surface area contributed by atoms with E-state index in [1.54, 1.807) is 47.2 Å². The number of piperazine rings is 1. The summed E-state index contributed by atoms with van der Waals surface area (Å²) in [5.74, 6) is 1.22. The SMILES string of the molecule is CN=C(NCc1ccnc(Oc2ccc(F)cc2)c1)N1CCN(c2cnn(C)c2)C(=O)C1.I. The number of halogens is 2. The maximum absolute atomic E-state index is 13.1. The van der Waals surface area contributed by atoms with Crippen molar-refractivity contribution >= 4 is 41.5 Å². The van der Waals surface area contributed by atoms with E-state index in [9.17, 15) is 9.18 Å². The van der Waals surface area contributed by atoms with Gasteiger partial charge in [-0.3, -0.25) is 14.5 Å². The standard InChI is InChI=1S/C22H24FN7O2.HI/c1-24-22(29-9-10-30(21(31)15-29)18-13-27-28(2)14-18)26-12-16-7-8-25-20(11-16)32-19-5-3-17(23)4-6-19;/h3-8,11,13-14H,9-10,12,15H2,1-2H3,(H,24,26);1H. The molecular weight excluding hydrogens is 540 g/mol. The van der Waals surface area contributed by atoms with Gasteiger partial charge in [0, 0.05) is 52.2 Å². The first-order valence-corrected chi connectivity index (χ1v) is 10.1. The van der Waals surface area contributed by atoms with Gasteiger partial charge in [0.05, 0.1) is 11.9 Å². The molecule has 1 amide bonds. The Morgan fingerprint density at radius 3 is 2.70 bits per heavy atom. The summed E-state index contributed by atoms with van der Waals surface area (Å²) in [6.07, 6.45) is 5.17. The maximum atomic E-state index is 13.1. The Labute approximate surface area is 208 Å². The lowest BCUT2D eigenvalue weighted by Crippen LogP contribution is -2.55. The number of carbonyl (C=O) groups is 1. The van der Waals surface area contributed by atoms with E-state index in [-0.39, 0.29) is 42.2 Å². The Morgan fingerprint density at radius 1 is 1.24 bits per heavy atom. The molecule has 0 aliphatic carbocycles. The van der Waals surface area contributed by atoms with Crippen LogP contribution in [0.2, 0.25) is 0 Å². The van der Waals surface area contributed by atoms with Crippen LogP contribution in [0.5, 0.6) is 11.6 Å². The van der Waals surface area contributed by atoms with E-state index < -0.39 is 0 Å². The molecule has 0 radical (unpaired) electrons. The molecule has 3 heterocycles. The molecule has 174 valence electrons. The molecule has 9 nitrogen and oxygen atoms in total. The van der Waals surface area contributed by atoms with Crippen molar-refractivity contribution in [2.75, 3.05) is 31.6 Å². The molecule has 0 saturated carbocycles. The molecular formula is C22H25FIN7O2. The lowest BCUT2D eigenvalue weighted by molar-refractivity contribution is -0.120. The Balaban J connectivity index is 0.00000306. The number of amides is 1. The largest absolute Gasteiger partial charge is 0.439 e. The van der Waals surface area contributed by atoms with Crippen molar-refractivity contribution in [2.45, 2.75) is 6.54 Å². The van der Waals surface area contributed by atoms with Crippen molar-refractivity contribution in [1.29, 1.82) is 0 Å². The predicted molar refractivity (Wildman–Crippen MR) is 133 cm³/mol. The molecule has 0 spiro atoms. The molecule has 1 aliphatic heterocycles. The number of aliphatic imine (C=N–C) groups is 1. The van der Waals surface area contributed by atoms with Gasteiger partial charge in [-0.15, -0.1) is 24.0 Å². The van der Waals surface area contributed by atoms with Gasteiger partial charge in [0.15, 0.2) is 5.96 Å². The Kier molecular flexibility index (Phi) is 8.20. The molecule has 1 aromatic carbocycles. The third-order valence-corrected chi connectivity index (χ3v) is 5.02. The minimum Gasteiger partial charge on any atom is -0.439 e. The second-order valence-electron chi connectivity index (χ2n) is 7.30. The lowest BCUT2D eigenvalue weighted by atomic mass is 10.2. The van der Waals surface area contributed by atoms with Crippen LogP contribution in [-0.2, 0) is 18.4 Å². The summed E-state index contributed by atoms with van der Waals surface area (Å²) in [5, 5.41) is 7.43. The summed E-state index contributed by atoms with van der Waals surface area (Å²) in [4.78, 5) is 24.8. The second kappa shape index (κ2) is 11.1. The van der Waals surface area contributed by atoms with Crippen molar-refractivity contribution in [2.24, 2.45) is 12.0 Å². The van der Waals surface area contributed by atoms with Crippen molar-refractivity contribution in [1.82, 2.24) is 25.0 Å². The number of nitrogens with zero attached hydrogens (tertiary/aromatic N) is 6. The molecule has 3 aromatic rings. The van der Waals surface area contributed by atoms with Crippen molar-refractivity contribution < 1.29 is 13.9 Å². The molecule has 0 unspecified atom stereocenters. The van der Waals surface area contributed by atoms with E-state index >= 15 is 0 Å². The smallest absolute Gasteiger partial charge is 0.246 e. The zero-order valence-electron chi connectivity index (χ0n) is 18.3. The van der Waals surface area contributed by atoms with Crippen LogP contribution in [0, 0.1) is 5.82 Å². The number of rotatable bonds is 5. The quantitative estimate of drug-likeness (QED) is 0.291. The molecule has 11 heteroatoms. The molecule has 1 saturated heterocycles. The first kappa shape index (κ1) is 24.4. The number of aryl methyl sites for hydroxylation is 1. The van der Waals surface area contributed by atoms with Gasteiger partial charge in [-0.1, -0.05) is 0 Å². The molecule has 0 bridgehead atoms. The Morgan fingerprint density at radius 2 is 2.03 bits per heavy atom. The first-order chi connectivity index (χ1) is 15.5. The Bertz CT molecular complexity index is 1120. The second-order valence-corrected chi connectivity index (χ2v) is 7.30. The molecule has 1 N–H and O–H groups in total. The fourth-order valence-corrected chi connectivity index (χ4v) is 3.43. The van der Waals surface area contributed by atoms with Gasteiger partial charge in [-0.05, 0) is 35.9 Å². The Hall–Kier alpha value is -3.22. The van der Waals surface area contributed by atoms with Gasteiger partial charge in [-0.25, -0.2) is 9.37 Å². The summed E-state index contributed by atoms with van der Waals surface area (Å²) in [7, 11) is 3.52. The van der Waals surface area contributed by atoms with E-state index in [0.29, 0.717) is 37.2 Å². The van der Waals surface area contributed by atoms with Crippen molar-refractivity contribution in [3.8, 4) is 11.6 Å². The fraction of sp³-hybridized carbons (Fsp3) is 0.273. The highest BCUT2D eigenvalue weighted by Gasteiger charge is 2.27. The monoisotopic (exact) mass is 565 g/mol. The average molecular weight is 565 g/mol. The van der Waals surface area contributed by atoms with Gasteiger partial charge in [0.25, 0.3) is 0 Å². The number of carbonyl (C=O) groups excluding carboxylic acids is 1. The number of anilines is 1. The molecule has 4 rings (SSSR count). The van der Waals surface area contributed by atoms with E-state index in [1.807, 2.05) is 24.2 Å². The van der Waals surface area contributed by atoms with Crippen LogP contribution in [0.3, 0.4) is 0 Å². The number of hydrogen-bond acceptors (Lipinski definition) is 5. The van der Waals surface area contributed by atoms with Crippen LogP contribution >= 0.6 is 24.0 Å². The van der Waals surface area contributed by atoms with Gasteiger partial charge >= 0.3 is 0 Å². The predicted octanol–water partition coefficient (Wildman–Crippen LogP) is 2.79. The van der Waals surface area contributed by atoms with Crippen LogP contribution in [0.15, 0.2) is 60.0 Å². The summed E-state index contributed by atoms with van der Waals surface area (Å²) in [6.45, 7) is 1.90. The number of aromatic nitrogens is 3. The number of hydrogen-bond donors (Lipinski definition) is 1. The van der Waals surface area contributed by atoms with Crippen molar-refractivity contribution in [3.63, 3.8) is 0 Å². The van der Waals surface area contributed by atoms with Gasteiger partial charge in [0.1, 0.15) is 18.1 Å². The fourth-order valence-electron chi connectivity index (χ4n) is 3.43. The zero-order valence-corrected chi connectivity index (χ0v) is 20.6. The summed E-state index contributed by atoms with van der Waals surface area (Å²) >= 11 is 0. The highest BCUT2D eigenvalue weighted by atomic mass is 127. The van der Waals surface area contributed by atoms with Crippen LogP contribution in [-0.4, -0.2) is 58.2 Å². The van der Waals surface area contributed by atoms with Gasteiger partial charge in [0.2, 0.25) is 11.8 Å². The number of nitrogens with one attached hydrogen (secondary N) is 1. The number of guanidine groups is 1. The highest BCUT2D eigenvalue weighted by Crippen LogP contribution is 2.20. The lowest BCUT2D eigenvalue weighted by Gasteiger charge is -2.35. The molecule has 1 aliphatic rings. The zero-order chi connectivity index (χ0) is 22.5. The minimum absolute atomic E-state index is 0. The van der Waals surface area contributed by atoms with Crippen LogP contribution in [0.25, 0.3) is 0 Å². The van der Waals surface area contributed by atoms with Gasteiger partial charge in [-0.2, -0.15) is 5.10 Å². The normalized spacial score (nSPS) is 14.2. The third-order valence-electron chi connectivity index (χ3n) is 5.02. The topological polar surface area (TPSA) is 87.9 Å². The number of pyridine rings is 1. The maximum Gasteiger partial charge on any atom is 0.246 e. The molecule has 1 fully saturated rings. The molecule has 2 aromatic heterocycles. The number of benzene rings is 1. The third kappa shape index (κ3) is 6.18. The van der Waals surface area contributed by atoms with Crippen molar-refractivity contribution in [3.05, 3.63) is 66.4 Å². The van der Waals surface area contributed by atoms with E-state index in [2.05, 4.69) is 20.4 Å². The summed E-state index contributed by atoms with van der Waals surface area (Å²) in [5.41, 5.74) is 1.73. The minimum atomic E-state index is -0.325. The molecule has 33 heavy (non-hydrogen) atoms. The molecule has 0 atom stereocenters. The summed E-state index contributed by atoms with van der Waals surface area (Å²) in [6, 6.07) is 9.43. The first-order valence-electron chi connectivity index (χ1n) is 10.1.